The van der Waals surface area contributed by atoms with Crippen molar-refractivity contribution in [3.05, 3.63) is 83.2 Å². The quantitative estimate of drug-likeness (QED) is 0.372. The molecule has 1 aliphatic heterocycles. The molecule has 0 saturated carbocycles. The third kappa shape index (κ3) is 4.72. The van der Waals surface area contributed by atoms with Gasteiger partial charge in [-0.05, 0) is 29.7 Å². The molecule has 1 fully saturated rings. The topological polar surface area (TPSA) is 79.4 Å². The molecule has 1 aromatic heterocycles. The minimum Gasteiger partial charge on any atom is -0.338 e. The summed E-state index contributed by atoms with van der Waals surface area (Å²) in [6.45, 7) is 2.48. The predicted octanol–water partition coefficient (Wildman–Crippen LogP) is 5.66. The van der Waals surface area contributed by atoms with E-state index in [9.17, 15) is 14.4 Å². The van der Waals surface area contributed by atoms with Gasteiger partial charge >= 0.3 is 0 Å². The first kappa shape index (κ1) is 22.9. The van der Waals surface area contributed by atoms with Gasteiger partial charge in [-0.2, -0.15) is 0 Å². The number of amides is 2. The Morgan fingerprint density at radius 2 is 1.71 bits per heavy atom. The SMILES string of the molecule is CC(=O)c1sc(NC(=O)C2CCCN(C(=O)c3cccc4ccccc34)C2)nc1-c1ccccc1. The first-order valence-corrected chi connectivity index (χ1v) is 12.5. The molecule has 4 aromatic rings. The van der Waals surface area contributed by atoms with Gasteiger partial charge in [-0.1, -0.05) is 78.1 Å². The van der Waals surface area contributed by atoms with Crippen LogP contribution in [0.25, 0.3) is 22.0 Å². The maximum Gasteiger partial charge on any atom is 0.254 e. The normalized spacial score (nSPS) is 15.7. The molecular formula is C28H25N3O3S. The number of nitrogens with one attached hydrogen (secondary N) is 1. The second-order valence-corrected chi connectivity index (χ2v) is 9.72. The molecule has 1 atom stereocenters. The van der Waals surface area contributed by atoms with E-state index in [0.29, 0.717) is 40.8 Å². The Morgan fingerprint density at radius 1 is 0.971 bits per heavy atom. The highest BCUT2D eigenvalue weighted by Gasteiger charge is 2.30. The van der Waals surface area contributed by atoms with Gasteiger partial charge in [0.05, 0.1) is 16.5 Å². The Morgan fingerprint density at radius 3 is 2.51 bits per heavy atom. The van der Waals surface area contributed by atoms with Crippen LogP contribution in [0.2, 0.25) is 0 Å². The van der Waals surface area contributed by atoms with Crippen LogP contribution < -0.4 is 5.32 Å². The standard InChI is InChI=1S/C28H25N3O3S/c1-18(32)25-24(20-10-3-2-4-11-20)29-28(35-25)30-26(33)21-13-8-16-31(17-21)27(34)23-15-7-12-19-9-5-6-14-22(19)23/h2-7,9-12,14-15,21H,8,13,16-17H2,1H3,(H,29,30,33). The van der Waals surface area contributed by atoms with Gasteiger partial charge in [0, 0.05) is 31.1 Å². The fourth-order valence-corrected chi connectivity index (χ4v) is 5.46. The van der Waals surface area contributed by atoms with Crippen molar-refractivity contribution in [2.24, 2.45) is 5.92 Å². The molecule has 1 aliphatic rings. The van der Waals surface area contributed by atoms with Gasteiger partial charge in [-0.3, -0.25) is 14.4 Å². The lowest BCUT2D eigenvalue weighted by molar-refractivity contribution is -0.121. The van der Waals surface area contributed by atoms with Crippen molar-refractivity contribution >= 4 is 44.8 Å². The Balaban J connectivity index is 1.33. The summed E-state index contributed by atoms with van der Waals surface area (Å²) >= 11 is 1.19. The van der Waals surface area contributed by atoms with Gasteiger partial charge in [0.25, 0.3) is 5.91 Å². The summed E-state index contributed by atoms with van der Waals surface area (Å²) in [6.07, 6.45) is 1.45. The average Bonchev–Trinajstić information content (AvgIpc) is 3.33. The van der Waals surface area contributed by atoms with Crippen LogP contribution in [0, 0.1) is 5.92 Å². The van der Waals surface area contributed by atoms with Crippen molar-refractivity contribution in [2.75, 3.05) is 18.4 Å². The van der Waals surface area contributed by atoms with Gasteiger partial charge < -0.3 is 10.2 Å². The third-order valence-corrected chi connectivity index (χ3v) is 7.40. The molecule has 0 radical (unpaired) electrons. The molecular weight excluding hydrogens is 458 g/mol. The first-order valence-electron chi connectivity index (χ1n) is 11.7. The molecule has 2 heterocycles. The lowest BCUT2D eigenvalue weighted by Crippen LogP contribution is -2.43. The number of hydrogen-bond donors (Lipinski definition) is 1. The summed E-state index contributed by atoms with van der Waals surface area (Å²) in [5.41, 5.74) is 2.07. The van der Waals surface area contributed by atoms with E-state index in [0.717, 1.165) is 22.8 Å². The summed E-state index contributed by atoms with van der Waals surface area (Å²) in [6, 6.07) is 23.0. The highest BCUT2D eigenvalue weighted by Crippen LogP contribution is 2.32. The van der Waals surface area contributed by atoms with Crippen molar-refractivity contribution in [3.8, 4) is 11.3 Å². The fourth-order valence-electron chi connectivity index (χ4n) is 4.57. The van der Waals surface area contributed by atoms with Crippen LogP contribution >= 0.6 is 11.3 Å². The number of nitrogens with zero attached hydrogens (tertiary/aromatic N) is 2. The van der Waals surface area contributed by atoms with Crippen molar-refractivity contribution < 1.29 is 14.4 Å². The summed E-state index contributed by atoms with van der Waals surface area (Å²) < 4.78 is 0. The van der Waals surface area contributed by atoms with Gasteiger partial charge in [-0.15, -0.1) is 0 Å². The van der Waals surface area contributed by atoms with E-state index in [1.54, 1.807) is 4.90 Å². The monoisotopic (exact) mass is 483 g/mol. The van der Waals surface area contributed by atoms with E-state index >= 15 is 0 Å². The van der Waals surface area contributed by atoms with Crippen LogP contribution in [0.5, 0.6) is 0 Å². The number of likely N-dealkylation sites (tertiary alicyclic amines) is 1. The van der Waals surface area contributed by atoms with Crippen molar-refractivity contribution in [3.63, 3.8) is 0 Å². The summed E-state index contributed by atoms with van der Waals surface area (Å²) in [4.78, 5) is 45.6. The smallest absolute Gasteiger partial charge is 0.254 e. The molecule has 1 saturated heterocycles. The lowest BCUT2D eigenvalue weighted by Gasteiger charge is -2.32. The Labute approximate surface area is 207 Å². The number of thiazole rings is 1. The number of aromatic nitrogens is 1. The molecule has 6 nitrogen and oxygen atoms in total. The van der Waals surface area contributed by atoms with Crippen molar-refractivity contribution in [1.29, 1.82) is 0 Å². The number of ketones is 1. The van der Waals surface area contributed by atoms with Crippen LogP contribution in [0.4, 0.5) is 5.13 Å². The van der Waals surface area contributed by atoms with Gasteiger partial charge in [0.15, 0.2) is 10.9 Å². The number of benzene rings is 3. The predicted molar refractivity (Wildman–Crippen MR) is 139 cm³/mol. The van der Waals surface area contributed by atoms with Crippen LogP contribution in [-0.2, 0) is 4.79 Å². The van der Waals surface area contributed by atoms with E-state index in [2.05, 4.69) is 10.3 Å². The molecule has 2 amide bonds. The van der Waals surface area contributed by atoms with Crippen LogP contribution in [0.1, 0.15) is 39.8 Å². The van der Waals surface area contributed by atoms with E-state index < -0.39 is 0 Å². The summed E-state index contributed by atoms with van der Waals surface area (Å²) in [5, 5.41) is 5.24. The summed E-state index contributed by atoms with van der Waals surface area (Å²) in [5.74, 6) is -0.665. The van der Waals surface area contributed by atoms with Crippen molar-refractivity contribution in [1.82, 2.24) is 9.88 Å². The lowest BCUT2D eigenvalue weighted by atomic mass is 9.95. The number of rotatable bonds is 5. The molecule has 0 aliphatic carbocycles. The number of hydrogen-bond acceptors (Lipinski definition) is 5. The molecule has 7 heteroatoms. The van der Waals surface area contributed by atoms with Gasteiger partial charge in [0.1, 0.15) is 0 Å². The number of fused-ring (bicyclic) bond motifs is 1. The molecule has 35 heavy (non-hydrogen) atoms. The maximum absolute atomic E-state index is 13.4. The van der Waals surface area contributed by atoms with Gasteiger partial charge in [0.2, 0.25) is 5.91 Å². The van der Waals surface area contributed by atoms with Crippen molar-refractivity contribution in [2.45, 2.75) is 19.8 Å². The summed E-state index contributed by atoms with van der Waals surface area (Å²) in [7, 11) is 0. The number of piperidine rings is 1. The Hall–Kier alpha value is -3.84. The highest BCUT2D eigenvalue weighted by molar-refractivity contribution is 7.18. The number of Topliss-reactive ketones (excluding diaryl/α,β-unsaturated/α-hetero) is 1. The van der Waals surface area contributed by atoms with Crippen LogP contribution in [0.3, 0.4) is 0 Å². The largest absolute Gasteiger partial charge is 0.338 e. The molecule has 1 N–H and O–H groups in total. The first-order chi connectivity index (χ1) is 17.0. The fraction of sp³-hybridized carbons (Fsp3) is 0.214. The van der Waals surface area contributed by atoms with E-state index in [4.69, 9.17) is 0 Å². The zero-order valence-corrected chi connectivity index (χ0v) is 20.2. The Kier molecular flexibility index (Phi) is 6.42. The molecule has 1 unspecified atom stereocenters. The second-order valence-electron chi connectivity index (χ2n) is 8.73. The highest BCUT2D eigenvalue weighted by atomic mass is 32.1. The molecule has 3 aromatic carbocycles. The molecule has 176 valence electrons. The number of carbonyl (C=O) groups is 3. The number of carbonyl (C=O) groups excluding carboxylic acids is 3. The average molecular weight is 484 g/mol. The van der Waals surface area contributed by atoms with Crippen LogP contribution in [0.15, 0.2) is 72.8 Å². The molecule has 5 rings (SSSR count). The molecule has 0 spiro atoms. The van der Waals surface area contributed by atoms with E-state index in [1.165, 1.54) is 18.3 Å². The van der Waals surface area contributed by atoms with E-state index in [1.807, 2.05) is 72.8 Å². The third-order valence-electron chi connectivity index (χ3n) is 6.32. The van der Waals surface area contributed by atoms with Gasteiger partial charge in [-0.25, -0.2) is 4.98 Å². The van der Waals surface area contributed by atoms with E-state index in [-0.39, 0.29) is 23.5 Å². The zero-order chi connectivity index (χ0) is 24.4. The maximum atomic E-state index is 13.4. The van der Waals surface area contributed by atoms with Crippen LogP contribution in [-0.4, -0.2) is 40.6 Å². The minimum atomic E-state index is -0.340. The number of anilines is 1. The minimum absolute atomic E-state index is 0.0567. The second kappa shape index (κ2) is 9.80. The Bertz CT molecular complexity index is 1410. The zero-order valence-electron chi connectivity index (χ0n) is 19.4. The molecule has 0 bridgehead atoms.